The van der Waals surface area contributed by atoms with Gasteiger partial charge in [0.25, 0.3) is 0 Å². The molecule has 2 aromatic rings. The number of aryl methyl sites for hydroxylation is 1. The lowest BCUT2D eigenvalue weighted by Crippen LogP contribution is -2.36. The molecule has 2 heterocycles. The zero-order valence-electron chi connectivity index (χ0n) is 15.2. The van der Waals surface area contributed by atoms with E-state index in [-0.39, 0.29) is 18.0 Å². The molecule has 1 aliphatic heterocycles. The second kappa shape index (κ2) is 7.19. The first-order chi connectivity index (χ1) is 12.3. The Labute approximate surface area is 152 Å². The summed E-state index contributed by atoms with van der Waals surface area (Å²) < 4.78 is 0. The summed E-state index contributed by atoms with van der Waals surface area (Å²) in [6.07, 6.45) is -0.224. The van der Waals surface area contributed by atoms with Crippen LogP contribution in [-0.4, -0.2) is 41.2 Å². The monoisotopic (exact) mass is 356 g/mol. The van der Waals surface area contributed by atoms with Gasteiger partial charge in [0.15, 0.2) is 0 Å². The minimum absolute atomic E-state index is 0.0414. The van der Waals surface area contributed by atoms with E-state index in [2.05, 4.69) is 15.5 Å². The number of nitrogens with zero attached hydrogens (tertiary/aromatic N) is 2. The summed E-state index contributed by atoms with van der Waals surface area (Å²) in [4.78, 5) is 29.5. The van der Waals surface area contributed by atoms with Gasteiger partial charge >= 0.3 is 6.09 Å². The molecule has 2 amide bonds. The highest BCUT2D eigenvalue weighted by Crippen LogP contribution is 2.31. The minimum Gasteiger partial charge on any atom is -0.465 e. The quantitative estimate of drug-likeness (QED) is 0.783. The average Bonchev–Trinajstić information content (AvgIpc) is 3.01. The summed E-state index contributed by atoms with van der Waals surface area (Å²) in [5.74, 6) is 0.737. The van der Waals surface area contributed by atoms with E-state index in [9.17, 15) is 9.59 Å². The molecule has 26 heavy (non-hydrogen) atoms. The van der Waals surface area contributed by atoms with Crippen molar-refractivity contribution in [3.05, 3.63) is 35.4 Å². The van der Waals surface area contributed by atoms with E-state index in [1.807, 2.05) is 38.1 Å². The van der Waals surface area contributed by atoms with Crippen LogP contribution >= 0.6 is 0 Å². The van der Waals surface area contributed by atoms with Gasteiger partial charge in [-0.2, -0.15) is 0 Å². The number of anilines is 1. The minimum atomic E-state index is -1.06. The fourth-order valence-electron chi connectivity index (χ4n) is 3.55. The zero-order valence-corrected chi connectivity index (χ0v) is 15.2. The van der Waals surface area contributed by atoms with E-state index in [1.54, 1.807) is 0 Å². The van der Waals surface area contributed by atoms with E-state index in [0.717, 1.165) is 40.8 Å². The number of para-hydroxylation sites is 1. The highest BCUT2D eigenvalue weighted by atomic mass is 16.4. The predicted molar refractivity (Wildman–Crippen MR) is 100 cm³/mol. The number of hydrogen-bond donors (Lipinski definition) is 3. The Kier molecular flexibility index (Phi) is 4.97. The molecule has 7 heteroatoms. The van der Waals surface area contributed by atoms with Crippen molar-refractivity contribution in [1.29, 1.82) is 0 Å². The van der Waals surface area contributed by atoms with Crippen molar-refractivity contribution in [2.24, 2.45) is 0 Å². The van der Waals surface area contributed by atoms with Crippen molar-refractivity contribution in [2.45, 2.75) is 39.3 Å². The van der Waals surface area contributed by atoms with Gasteiger partial charge in [0.2, 0.25) is 5.91 Å². The van der Waals surface area contributed by atoms with Crippen LogP contribution in [0.25, 0.3) is 10.9 Å². The van der Waals surface area contributed by atoms with E-state index in [0.29, 0.717) is 6.54 Å². The molecule has 138 valence electrons. The summed E-state index contributed by atoms with van der Waals surface area (Å²) in [5.41, 5.74) is 2.83. The van der Waals surface area contributed by atoms with Crippen LogP contribution in [0, 0.1) is 6.92 Å². The molecule has 3 rings (SSSR count). The molecule has 0 bridgehead atoms. The number of hydrogen-bond acceptors (Lipinski definition) is 4. The lowest BCUT2D eigenvalue weighted by molar-refractivity contribution is -0.119. The zero-order chi connectivity index (χ0) is 18.8. The molecule has 2 atom stereocenters. The SMILES string of the molecule is CC(=O)NC1CCN(c2nc3c(C)cccc3cc2C(C)NC(=O)O)C1. The summed E-state index contributed by atoms with van der Waals surface area (Å²) in [6, 6.07) is 7.68. The third-order valence-corrected chi connectivity index (χ3v) is 4.76. The van der Waals surface area contributed by atoms with Crippen molar-refractivity contribution < 1.29 is 14.7 Å². The molecule has 1 fully saturated rings. The molecular weight excluding hydrogens is 332 g/mol. The number of aromatic nitrogens is 1. The van der Waals surface area contributed by atoms with Crippen LogP contribution in [-0.2, 0) is 4.79 Å². The van der Waals surface area contributed by atoms with E-state index < -0.39 is 6.09 Å². The number of carbonyl (C=O) groups is 2. The third kappa shape index (κ3) is 3.71. The van der Waals surface area contributed by atoms with Crippen molar-refractivity contribution >= 4 is 28.7 Å². The Morgan fingerprint density at radius 2 is 2.15 bits per heavy atom. The van der Waals surface area contributed by atoms with Gasteiger partial charge in [-0.3, -0.25) is 4.79 Å². The predicted octanol–water partition coefficient (Wildman–Crippen LogP) is 2.59. The van der Waals surface area contributed by atoms with Gasteiger partial charge in [0.05, 0.1) is 11.6 Å². The molecule has 0 saturated carbocycles. The molecule has 2 unspecified atom stereocenters. The topological polar surface area (TPSA) is 94.6 Å². The van der Waals surface area contributed by atoms with Crippen LogP contribution in [0.15, 0.2) is 24.3 Å². The number of amides is 2. The van der Waals surface area contributed by atoms with Gasteiger partial charge in [-0.05, 0) is 31.9 Å². The average molecular weight is 356 g/mol. The normalized spacial score (nSPS) is 18.0. The van der Waals surface area contributed by atoms with Crippen LogP contribution in [0.4, 0.5) is 10.6 Å². The largest absolute Gasteiger partial charge is 0.465 e. The molecule has 0 radical (unpaired) electrons. The maximum Gasteiger partial charge on any atom is 0.405 e. The van der Waals surface area contributed by atoms with E-state index in [4.69, 9.17) is 10.1 Å². The number of pyridine rings is 1. The molecule has 1 aliphatic rings. The molecule has 7 nitrogen and oxygen atoms in total. The van der Waals surface area contributed by atoms with Gasteiger partial charge in [0.1, 0.15) is 5.82 Å². The standard InChI is InChI=1S/C19H24N4O3/c1-11-5-4-6-14-9-16(12(2)20-19(25)26)18(22-17(11)14)23-8-7-15(10-23)21-13(3)24/h4-6,9,12,15,20H,7-8,10H2,1-3H3,(H,21,24)(H,25,26). The van der Waals surface area contributed by atoms with Gasteiger partial charge in [-0.25, -0.2) is 9.78 Å². The van der Waals surface area contributed by atoms with Crippen molar-refractivity contribution in [2.75, 3.05) is 18.0 Å². The maximum atomic E-state index is 11.3. The molecule has 0 spiro atoms. The number of benzene rings is 1. The molecule has 0 aliphatic carbocycles. The van der Waals surface area contributed by atoms with Crippen molar-refractivity contribution in [3.8, 4) is 0 Å². The lowest BCUT2D eigenvalue weighted by atomic mass is 10.0. The van der Waals surface area contributed by atoms with Crippen LogP contribution in [0.5, 0.6) is 0 Å². The first-order valence-corrected chi connectivity index (χ1v) is 8.77. The lowest BCUT2D eigenvalue weighted by Gasteiger charge is -2.25. The summed E-state index contributed by atoms with van der Waals surface area (Å²) in [6.45, 7) is 6.78. The van der Waals surface area contributed by atoms with Gasteiger partial charge < -0.3 is 20.6 Å². The van der Waals surface area contributed by atoms with Crippen LogP contribution in [0.3, 0.4) is 0 Å². The molecule has 3 N–H and O–H groups in total. The number of fused-ring (bicyclic) bond motifs is 1. The second-order valence-corrected chi connectivity index (χ2v) is 6.85. The first-order valence-electron chi connectivity index (χ1n) is 8.77. The molecule has 1 saturated heterocycles. The smallest absolute Gasteiger partial charge is 0.405 e. The number of nitrogens with one attached hydrogen (secondary N) is 2. The second-order valence-electron chi connectivity index (χ2n) is 6.85. The maximum absolute atomic E-state index is 11.3. The summed E-state index contributed by atoms with van der Waals surface area (Å²) in [5, 5.41) is 15.6. The molecule has 1 aromatic carbocycles. The molecular formula is C19H24N4O3. The Morgan fingerprint density at radius 3 is 2.85 bits per heavy atom. The molecule has 1 aromatic heterocycles. The van der Waals surface area contributed by atoms with Crippen LogP contribution in [0.2, 0.25) is 0 Å². The van der Waals surface area contributed by atoms with Gasteiger partial charge in [-0.1, -0.05) is 18.2 Å². The van der Waals surface area contributed by atoms with Crippen LogP contribution in [0.1, 0.15) is 37.4 Å². The van der Waals surface area contributed by atoms with E-state index >= 15 is 0 Å². The van der Waals surface area contributed by atoms with Crippen LogP contribution < -0.4 is 15.5 Å². The summed E-state index contributed by atoms with van der Waals surface area (Å²) >= 11 is 0. The number of carbonyl (C=O) groups excluding carboxylic acids is 1. The van der Waals surface area contributed by atoms with Gasteiger partial charge in [-0.15, -0.1) is 0 Å². The Morgan fingerprint density at radius 1 is 1.38 bits per heavy atom. The fourth-order valence-corrected chi connectivity index (χ4v) is 3.55. The summed E-state index contributed by atoms with van der Waals surface area (Å²) in [7, 11) is 0. The Hall–Kier alpha value is -2.83. The van der Waals surface area contributed by atoms with Gasteiger partial charge in [0, 0.05) is 37.0 Å². The van der Waals surface area contributed by atoms with Crippen molar-refractivity contribution in [3.63, 3.8) is 0 Å². The highest BCUT2D eigenvalue weighted by Gasteiger charge is 2.27. The highest BCUT2D eigenvalue weighted by molar-refractivity contribution is 5.85. The Bertz CT molecular complexity index is 852. The number of carboxylic acid groups (broad SMARTS) is 1. The number of rotatable bonds is 4. The van der Waals surface area contributed by atoms with Crippen molar-refractivity contribution in [1.82, 2.24) is 15.6 Å². The van der Waals surface area contributed by atoms with E-state index in [1.165, 1.54) is 6.92 Å². The first kappa shape index (κ1) is 18.0. The Balaban J connectivity index is 2.02. The third-order valence-electron chi connectivity index (χ3n) is 4.76. The fraction of sp³-hybridized carbons (Fsp3) is 0.421.